The summed E-state index contributed by atoms with van der Waals surface area (Å²) in [6.07, 6.45) is 8.63. The van der Waals surface area contributed by atoms with Gasteiger partial charge in [-0.25, -0.2) is 0 Å². The van der Waals surface area contributed by atoms with Crippen LogP contribution in [0.4, 0.5) is 0 Å². The van der Waals surface area contributed by atoms with Crippen LogP contribution in [0.3, 0.4) is 0 Å². The van der Waals surface area contributed by atoms with Gasteiger partial charge in [-0.3, -0.25) is 0 Å². The lowest BCUT2D eigenvalue weighted by atomic mass is 10.1. The maximum absolute atomic E-state index is 2.17. The summed E-state index contributed by atoms with van der Waals surface area (Å²) >= 11 is 0. The average Bonchev–Trinajstić information content (AvgIpc) is 2.37. The Bertz CT molecular complexity index is 256. The van der Waals surface area contributed by atoms with Gasteiger partial charge in [-0.2, -0.15) is 0 Å². The summed E-state index contributed by atoms with van der Waals surface area (Å²) in [4.78, 5) is 0. The van der Waals surface area contributed by atoms with E-state index in [2.05, 4.69) is 65.8 Å². The van der Waals surface area contributed by atoms with E-state index in [4.69, 9.17) is 0 Å². The number of rotatable bonds is 3. The van der Waals surface area contributed by atoms with E-state index >= 15 is 0 Å². The number of hydrogen-bond donors (Lipinski definition) is 0. The van der Waals surface area contributed by atoms with Gasteiger partial charge in [0.05, 0.1) is 0 Å². The van der Waals surface area contributed by atoms with Gasteiger partial charge in [-0.05, 0) is 52.7 Å². The molecule has 0 spiro atoms. The van der Waals surface area contributed by atoms with Crippen molar-refractivity contribution >= 4 is 0 Å². The van der Waals surface area contributed by atoms with Gasteiger partial charge in [0, 0.05) is 0 Å². The second-order valence-electron chi connectivity index (χ2n) is 4.19. The molecule has 0 saturated heterocycles. The topological polar surface area (TPSA) is 0 Å². The molecule has 0 saturated carbocycles. The first-order valence-electron chi connectivity index (χ1n) is 7.07. The molecule has 0 aliphatic rings. The van der Waals surface area contributed by atoms with Crippen molar-refractivity contribution in [1.29, 1.82) is 0 Å². The van der Waals surface area contributed by atoms with Crippen LogP contribution in [0.1, 0.15) is 69.2 Å². The Kier molecular flexibility index (Phi) is 19.7. The van der Waals surface area contributed by atoms with Crippen molar-refractivity contribution in [3.63, 3.8) is 0 Å². The molecule has 0 fully saturated rings. The van der Waals surface area contributed by atoms with E-state index in [9.17, 15) is 0 Å². The van der Waals surface area contributed by atoms with Crippen LogP contribution in [-0.4, -0.2) is 0 Å². The predicted molar refractivity (Wildman–Crippen MR) is 89.1 cm³/mol. The molecule has 0 nitrogen and oxygen atoms in total. The number of hydrogen-bond acceptors (Lipinski definition) is 0. The van der Waals surface area contributed by atoms with Crippen molar-refractivity contribution in [2.45, 2.75) is 69.2 Å². The summed E-state index contributed by atoms with van der Waals surface area (Å²) in [5.74, 6) is 0. The maximum Gasteiger partial charge on any atom is -0.0395 e. The van der Waals surface area contributed by atoms with Crippen molar-refractivity contribution in [3.05, 3.63) is 46.6 Å². The van der Waals surface area contributed by atoms with E-state index in [0.717, 1.165) is 0 Å². The summed E-state index contributed by atoms with van der Waals surface area (Å²) in [5, 5.41) is 0. The molecule has 106 valence electrons. The fourth-order valence-electron chi connectivity index (χ4n) is 0.846. The molecule has 0 heterocycles. The molecule has 0 aromatic heterocycles. The fourth-order valence-corrected chi connectivity index (χ4v) is 0.846. The van der Waals surface area contributed by atoms with Crippen LogP contribution in [0.15, 0.2) is 46.6 Å². The largest absolute Gasteiger partial charge is 0.0764 e. The van der Waals surface area contributed by atoms with Gasteiger partial charge >= 0.3 is 0 Å². The molecule has 0 aliphatic heterocycles. The molecule has 18 heavy (non-hydrogen) atoms. The van der Waals surface area contributed by atoms with Gasteiger partial charge in [0.25, 0.3) is 0 Å². The Morgan fingerprint density at radius 2 is 0.667 bits per heavy atom. The third-order valence-electron chi connectivity index (χ3n) is 1.96. The summed E-state index contributed by atoms with van der Waals surface area (Å²) < 4.78 is 0. The molecule has 0 heteroatoms. The fraction of sp³-hybridized carbons (Fsp3) is 0.556. The van der Waals surface area contributed by atoms with Gasteiger partial charge in [0.15, 0.2) is 0 Å². The van der Waals surface area contributed by atoms with Crippen LogP contribution >= 0.6 is 0 Å². The van der Waals surface area contributed by atoms with Crippen molar-refractivity contribution < 1.29 is 0 Å². The molecule has 0 radical (unpaired) electrons. The second-order valence-corrected chi connectivity index (χ2v) is 4.19. The average molecular weight is 250 g/mol. The molecule has 0 aliphatic carbocycles. The van der Waals surface area contributed by atoms with Gasteiger partial charge in [-0.15, -0.1) is 0 Å². The highest BCUT2D eigenvalue weighted by Crippen LogP contribution is 2.09. The summed E-state index contributed by atoms with van der Waals surface area (Å²) in [7, 11) is 0. The third-order valence-corrected chi connectivity index (χ3v) is 1.96. The number of allylic oxidation sites excluding steroid dienone is 8. The first kappa shape index (κ1) is 22.2. The lowest BCUT2D eigenvalue weighted by Crippen LogP contribution is -1.78. The molecule has 0 unspecified atom stereocenters. The molecular weight excluding hydrogens is 216 g/mol. The zero-order valence-corrected chi connectivity index (χ0v) is 14.3. The first-order chi connectivity index (χ1) is 8.43. The monoisotopic (exact) mass is 250 g/mol. The normalized spacial score (nSPS) is 10.3. The Morgan fingerprint density at radius 1 is 0.444 bits per heavy atom. The van der Waals surface area contributed by atoms with Crippen LogP contribution in [0.2, 0.25) is 0 Å². The smallest absolute Gasteiger partial charge is 0.0395 e. The van der Waals surface area contributed by atoms with Gasteiger partial charge in [-0.1, -0.05) is 63.1 Å². The molecular formula is C18H34. The van der Waals surface area contributed by atoms with Crippen molar-refractivity contribution in [3.8, 4) is 0 Å². The minimum Gasteiger partial charge on any atom is -0.0764 e. The van der Waals surface area contributed by atoms with Crippen LogP contribution < -0.4 is 0 Å². The lowest BCUT2D eigenvalue weighted by Gasteiger charge is -1.98. The Morgan fingerprint density at radius 3 is 0.833 bits per heavy atom. The SMILES string of the molecule is CC.CC.CC(C)=C/C=C(C)/C(C)=C/C=C(C)C. The minimum absolute atomic E-state index is 1.32. The first-order valence-corrected chi connectivity index (χ1v) is 7.07. The van der Waals surface area contributed by atoms with E-state index in [1.807, 2.05) is 27.7 Å². The van der Waals surface area contributed by atoms with E-state index in [1.165, 1.54) is 22.3 Å². The standard InChI is InChI=1S/C14H22.2C2H6/c1-11(2)7-9-13(5)14(6)10-8-12(3)4;2*1-2/h7-10H,1-6H3;2*1-2H3/b13-9+,14-10+;;. The Hall–Kier alpha value is -1.04. The third kappa shape index (κ3) is 17.4. The highest BCUT2D eigenvalue weighted by Gasteiger charge is 1.89. The highest BCUT2D eigenvalue weighted by molar-refractivity contribution is 5.34. The van der Waals surface area contributed by atoms with Crippen LogP contribution in [0.25, 0.3) is 0 Å². The van der Waals surface area contributed by atoms with Crippen LogP contribution in [0, 0.1) is 0 Å². The molecule has 0 N–H and O–H groups in total. The zero-order chi connectivity index (χ0) is 15.1. The van der Waals surface area contributed by atoms with Crippen molar-refractivity contribution in [2.24, 2.45) is 0 Å². The molecule has 0 rings (SSSR count). The van der Waals surface area contributed by atoms with Gasteiger partial charge < -0.3 is 0 Å². The van der Waals surface area contributed by atoms with E-state index in [0.29, 0.717) is 0 Å². The Balaban J connectivity index is -0.000000506. The van der Waals surface area contributed by atoms with Gasteiger partial charge in [0.2, 0.25) is 0 Å². The summed E-state index contributed by atoms with van der Waals surface area (Å²) in [6.45, 7) is 20.7. The van der Waals surface area contributed by atoms with Gasteiger partial charge in [0.1, 0.15) is 0 Å². The molecule has 0 aromatic rings. The van der Waals surface area contributed by atoms with E-state index in [-0.39, 0.29) is 0 Å². The van der Waals surface area contributed by atoms with Crippen LogP contribution in [-0.2, 0) is 0 Å². The van der Waals surface area contributed by atoms with E-state index in [1.54, 1.807) is 0 Å². The minimum atomic E-state index is 1.32. The van der Waals surface area contributed by atoms with E-state index < -0.39 is 0 Å². The Labute approximate surface area is 116 Å². The van der Waals surface area contributed by atoms with Crippen molar-refractivity contribution in [2.75, 3.05) is 0 Å². The summed E-state index contributed by atoms with van der Waals surface area (Å²) in [6, 6.07) is 0. The quantitative estimate of drug-likeness (QED) is 0.480. The predicted octanol–water partition coefficient (Wildman–Crippen LogP) is 6.86. The maximum atomic E-state index is 2.17. The molecule has 0 atom stereocenters. The summed E-state index contributed by atoms with van der Waals surface area (Å²) in [5.41, 5.74) is 5.31. The highest BCUT2D eigenvalue weighted by atomic mass is 14.0. The molecule has 0 bridgehead atoms. The van der Waals surface area contributed by atoms with Crippen molar-refractivity contribution in [1.82, 2.24) is 0 Å². The molecule has 0 amide bonds. The molecule has 0 aromatic carbocycles. The van der Waals surface area contributed by atoms with Crippen LogP contribution in [0.5, 0.6) is 0 Å². The lowest BCUT2D eigenvalue weighted by molar-refractivity contribution is 1.31. The second kappa shape index (κ2) is 16.0. The zero-order valence-electron chi connectivity index (χ0n) is 14.3.